The van der Waals surface area contributed by atoms with Crippen LogP contribution in [0.25, 0.3) is 0 Å². The van der Waals surface area contributed by atoms with Crippen LogP contribution in [0.5, 0.6) is 0 Å². The first kappa shape index (κ1) is 12.9. The van der Waals surface area contributed by atoms with Gasteiger partial charge in [0.15, 0.2) is 0 Å². The third-order valence-corrected chi connectivity index (χ3v) is 4.24. The summed E-state index contributed by atoms with van der Waals surface area (Å²) < 4.78 is 9.52. The fraction of sp³-hybridized carbons (Fsp3) is 0.556. The van der Waals surface area contributed by atoms with Gasteiger partial charge in [-0.3, -0.25) is 0 Å². The van der Waals surface area contributed by atoms with Crippen LogP contribution < -0.4 is 0 Å². The fourth-order valence-electron chi connectivity index (χ4n) is 0.583. The minimum Gasteiger partial charge on any atom is -0.517 e. The van der Waals surface area contributed by atoms with Crippen molar-refractivity contribution in [3.63, 3.8) is 0 Å². The molecular weight excluding hydrogens is 200 g/mol. The van der Waals surface area contributed by atoms with Crippen molar-refractivity contribution in [1.29, 1.82) is 0 Å². The van der Waals surface area contributed by atoms with E-state index in [0.717, 1.165) is 18.2 Å². The normalized spacial score (nSPS) is 11.4. The molecule has 14 heavy (non-hydrogen) atoms. The number of esters is 1. The molecule has 0 saturated heterocycles. The van der Waals surface area contributed by atoms with Crippen LogP contribution in [0.4, 0.5) is 0 Å². The molecule has 0 saturated carbocycles. The summed E-state index contributed by atoms with van der Waals surface area (Å²) in [4.78, 5) is 21.8. The maximum atomic E-state index is 11.2. The van der Waals surface area contributed by atoms with Gasteiger partial charge < -0.3 is 9.16 Å². The Kier molecular flexibility index (Phi) is 5.15. The molecule has 80 valence electrons. The van der Waals surface area contributed by atoms with Crippen LogP contribution in [0.1, 0.15) is 6.92 Å². The summed E-state index contributed by atoms with van der Waals surface area (Å²) in [5, 5.41) is 0. The van der Waals surface area contributed by atoms with Gasteiger partial charge >= 0.3 is 11.9 Å². The molecule has 0 aliphatic rings. The summed E-state index contributed by atoms with van der Waals surface area (Å²) in [5.41, 5.74) is 0. The molecule has 0 aromatic carbocycles. The second-order valence-corrected chi connectivity index (χ2v) is 7.82. The minimum atomic E-state index is -1.88. The van der Waals surface area contributed by atoms with Crippen molar-refractivity contribution in [2.75, 3.05) is 7.11 Å². The van der Waals surface area contributed by atoms with Crippen molar-refractivity contribution in [1.82, 2.24) is 0 Å². The molecule has 0 radical (unpaired) electrons. The summed E-state index contributed by atoms with van der Waals surface area (Å²) in [6.07, 6.45) is 2.15. The van der Waals surface area contributed by atoms with E-state index in [1.165, 1.54) is 7.11 Å². The zero-order valence-electron chi connectivity index (χ0n) is 8.99. The van der Waals surface area contributed by atoms with Crippen molar-refractivity contribution in [3.8, 4) is 0 Å². The van der Waals surface area contributed by atoms with Crippen LogP contribution in [-0.2, 0) is 18.8 Å². The monoisotopic (exact) mass is 216 g/mol. The highest BCUT2D eigenvalue weighted by Gasteiger charge is 2.23. The van der Waals surface area contributed by atoms with Crippen molar-refractivity contribution < 1.29 is 18.8 Å². The number of methoxy groups -OCH3 is 1. The van der Waals surface area contributed by atoms with E-state index in [1.807, 2.05) is 20.0 Å². The highest BCUT2D eigenvalue weighted by Crippen LogP contribution is 2.10. The zero-order valence-corrected chi connectivity index (χ0v) is 9.99. The second kappa shape index (κ2) is 5.59. The van der Waals surface area contributed by atoms with Crippen LogP contribution in [0.2, 0.25) is 19.1 Å². The van der Waals surface area contributed by atoms with E-state index in [1.54, 1.807) is 0 Å². The van der Waals surface area contributed by atoms with E-state index in [2.05, 4.69) is 4.74 Å². The Morgan fingerprint density at radius 1 is 1.21 bits per heavy atom. The number of hydrogen-bond donors (Lipinski definition) is 0. The number of rotatable bonds is 4. The molecule has 0 aromatic heterocycles. The molecule has 0 N–H and O–H groups in total. The van der Waals surface area contributed by atoms with Gasteiger partial charge in [0.1, 0.15) is 0 Å². The predicted octanol–water partition coefficient (Wildman–Crippen LogP) is 1.48. The summed E-state index contributed by atoms with van der Waals surface area (Å²) >= 11 is 0. The van der Waals surface area contributed by atoms with Crippen molar-refractivity contribution in [3.05, 3.63) is 12.2 Å². The quantitative estimate of drug-likeness (QED) is 0.406. The topological polar surface area (TPSA) is 52.6 Å². The van der Waals surface area contributed by atoms with Crippen LogP contribution in [0.15, 0.2) is 12.2 Å². The second-order valence-electron chi connectivity index (χ2n) is 3.39. The van der Waals surface area contributed by atoms with Crippen LogP contribution in [0.3, 0.4) is 0 Å². The molecule has 0 aromatic rings. The van der Waals surface area contributed by atoms with Gasteiger partial charge in [-0.25, -0.2) is 9.59 Å². The number of hydrogen-bond acceptors (Lipinski definition) is 4. The van der Waals surface area contributed by atoms with Gasteiger partial charge in [0.25, 0.3) is 0 Å². The smallest absolute Gasteiger partial charge is 0.330 e. The lowest BCUT2D eigenvalue weighted by atomic mass is 10.5. The largest absolute Gasteiger partial charge is 0.517 e. The molecule has 0 atom stereocenters. The lowest BCUT2D eigenvalue weighted by Crippen LogP contribution is -2.31. The van der Waals surface area contributed by atoms with Gasteiger partial charge in [-0.1, -0.05) is 6.92 Å². The molecule has 0 rings (SSSR count). The van der Waals surface area contributed by atoms with Gasteiger partial charge in [-0.15, -0.1) is 0 Å². The summed E-state index contributed by atoms with van der Waals surface area (Å²) in [6, 6.07) is 0.852. The molecule has 0 bridgehead atoms. The van der Waals surface area contributed by atoms with Gasteiger partial charge in [0.2, 0.25) is 8.32 Å². The number of carbonyl (C=O) groups excluding carboxylic acids is 2. The van der Waals surface area contributed by atoms with Crippen molar-refractivity contribution in [2.45, 2.75) is 26.1 Å². The molecular formula is C9H16O4Si. The van der Waals surface area contributed by atoms with Crippen molar-refractivity contribution >= 4 is 20.3 Å². The van der Waals surface area contributed by atoms with E-state index in [9.17, 15) is 9.59 Å². The average Bonchev–Trinajstić information content (AvgIpc) is 2.13. The Labute approximate surface area is 85.0 Å². The van der Waals surface area contributed by atoms with E-state index < -0.39 is 20.3 Å². The molecule has 0 fully saturated rings. The molecule has 0 spiro atoms. The van der Waals surface area contributed by atoms with Crippen molar-refractivity contribution in [2.24, 2.45) is 0 Å². The van der Waals surface area contributed by atoms with Crippen LogP contribution >= 0.6 is 0 Å². The zero-order chi connectivity index (χ0) is 11.2. The van der Waals surface area contributed by atoms with E-state index in [-0.39, 0.29) is 0 Å². The van der Waals surface area contributed by atoms with Gasteiger partial charge in [-0.05, 0) is 19.1 Å². The fourth-order valence-corrected chi connectivity index (χ4v) is 1.34. The van der Waals surface area contributed by atoms with Gasteiger partial charge in [0, 0.05) is 12.2 Å². The van der Waals surface area contributed by atoms with Crippen LogP contribution in [-0.4, -0.2) is 27.4 Å². The Hall–Kier alpha value is -1.10. The molecule has 5 heteroatoms. The summed E-state index contributed by atoms with van der Waals surface area (Å²) in [5.74, 6) is -1.04. The lowest BCUT2D eigenvalue weighted by molar-refractivity contribution is -0.136. The third kappa shape index (κ3) is 5.53. The first-order valence-corrected chi connectivity index (χ1v) is 7.52. The standard InChI is InChI=1S/C9H16O4Si/c1-5-14(3,4)13-9(11)7-6-8(10)12-2/h6-7H,5H2,1-4H3. The highest BCUT2D eigenvalue weighted by atomic mass is 28.4. The summed E-state index contributed by atoms with van der Waals surface area (Å²) in [7, 11) is -0.623. The number of ether oxygens (including phenoxy) is 1. The van der Waals surface area contributed by atoms with Gasteiger partial charge in [0.05, 0.1) is 7.11 Å². The summed E-state index contributed by atoms with van der Waals surface area (Å²) in [6.45, 7) is 5.86. The molecule has 4 nitrogen and oxygen atoms in total. The minimum absolute atomic E-state index is 0.478. The molecule has 0 aliphatic heterocycles. The Bertz CT molecular complexity index is 245. The molecule has 0 heterocycles. The first-order valence-electron chi connectivity index (χ1n) is 4.40. The molecule has 0 unspecified atom stereocenters. The Balaban J connectivity index is 4.11. The molecule has 0 amide bonds. The lowest BCUT2D eigenvalue weighted by Gasteiger charge is -2.19. The first-order chi connectivity index (χ1) is 6.41. The SMILES string of the molecule is CC[Si](C)(C)OC(=O)C=CC(=O)OC. The average molecular weight is 216 g/mol. The maximum absolute atomic E-state index is 11.2. The maximum Gasteiger partial charge on any atom is 0.330 e. The Morgan fingerprint density at radius 2 is 1.71 bits per heavy atom. The Morgan fingerprint density at radius 3 is 2.14 bits per heavy atom. The van der Waals surface area contributed by atoms with E-state index in [4.69, 9.17) is 4.43 Å². The third-order valence-electron chi connectivity index (χ3n) is 1.79. The van der Waals surface area contributed by atoms with E-state index >= 15 is 0 Å². The van der Waals surface area contributed by atoms with Gasteiger partial charge in [-0.2, -0.15) is 0 Å². The predicted molar refractivity (Wildman–Crippen MR) is 55.2 cm³/mol. The number of carbonyl (C=O) groups is 2. The molecule has 0 aliphatic carbocycles. The highest BCUT2D eigenvalue weighted by molar-refractivity contribution is 6.72. The van der Waals surface area contributed by atoms with E-state index in [0.29, 0.717) is 0 Å². The van der Waals surface area contributed by atoms with Crippen LogP contribution in [0, 0.1) is 0 Å².